The van der Waals surface area contributed by atoms with Crippen molar-refractivity contribution >= 4 is 11.8 Å². The molecule has 0 bridgehead atoms. The minimum Gasteiger partial charge on any atom is -0.484 e. The Morgan fingerprint density at radius 1 is 0.931 bits per heavy atom. The maximum Gasteiger partial charge on any atom is 0.276 e. The van der Waals surface area contributed by atoms with Crippen LogP contribution in [0.3, 0.4) is 0 Å². The molecule has 0 aliphatic carbocycles. The number of hydrogen-bond acceptors (Lipinski definition) is 4. The molecule has 0 aliphatic heterocycles. The molecule has 1 aromatic heterocycles. The molecule has 7 heteroatoms. The third-order valence-corrected chi connectivity index (χ3v) is 4.33. The number of nitrogens with zero attached hydrogens (tertiary/aromatic N) is 2. The van der Waals surface area contributed by atoms with Gasteiger partial charge in [0.2, 0.25) is 0 Å². The minimum atomic E-state index is -0.502. The van der Waals surface area contributed by atoms with Crippen LogP contribution in [0.4, 0.5) is 0 Å². The highest BCUT2D eigenvalue weighted by atomic mass is 16.5. The number of nitrogens with one attached hydrogen (secondary N) is 2. The van der Waals surface area contributed by atoms with Crippen LogP contribution in [-0.2, 0) is 4.79 Å². The summed E-state index contributed by atoms with van der Waals surface area (Å²) < 4.78 is 7.40. The molecule has 3 rings (SSSR count). The second-order valence-electron chi connectivity index (χ2n) is 6.43. The highest BCUT2D eigenvalue weighted by Gasteiger charge is 2.09. The number of nitriles is 1. The molecule has 0 spiro atoms. The van der Waals surface area contributed by atoms with Crippen LogP contribution in [0.15, 0.2) is 60.7 Å². The Bertz CT molecular complexity index is 1040. The lowest BCUT2D eigenvalue weighted by Gasteiger charge is -2.11. The topological polar surface area (TPSA) is 96.2 Å². The number of ether oxygens (including phenoxy) is 1. The van der Waals surface area contributed by atoms with Gasteiger partial charge >= 0.3 is 0 Å². The van der Waals surface area contributed by atoms with Gasteiger partial charge in [-0.25, -0.2) is 0 Å². The van der Waals surface area contributed by atoms with Gasteiger partial charge in [0.1, 0.15) is 5.75 Å². The molecule has 0 radical (unpaired) electrons. The van der Waals surface area contributed by atoms with E-state index in [4.69, 9.17) is 10.00 Å². The van der Waals surface area contributed by atoms with Gasteiger partial charge in [-0.15, -0.1) is 0 Å². The highest BCUT2D eigenvalue weighted by Crippen LogP contribution is 2.17. The predicted molar refractivity (Wildman–Crippen MR) is 108 cm³/mol. The van der Waals surface area contributed by atoms with Gasteiger partial charge in [0.15, 0.2) is 6.61 Å². The zero-order valence-electron chi connectivity index (χ0n) is 16.1. The Hall–Kier alpha value is -4.05. The number of rotatable bonds is 5. The van der Waals surface area contributed by atoms with Gasteiger partial charge in [0.25, 0.3) is 11.8 Å². The largest absolute Gasteiger partial charge is 0.484 e. The van der Waals surface area contributed by atoms with Crippen molar-refractivity contribution in [3.63, 3.8) is 0 Å². The van der Waals surface area contributed by atoms with Gasteiger partial charge in [-0.3, -0.25) is 20.4 Å². The van der Waals surface area contributed by atoms with E-state index in [0.29, 0.717) is 16.9 Å². The molecule has 2 N–H and O–H groups in total. The van der Waals surface area contributed by atoms with Crippen LogP contribution in [-0.4, -0.2) is 23.0 Å². The molecule has 0 saturated heterocycles. The van der Waals surface area contributed by atoms with Crippen LogP contribution in [0.5, 0.6) is 5.75 Å². The maximum absolute atomic E-state index is 12.2. The van der Waals surface area contributed by atoms with E-state index in [0.717, 1.165) is 17.1 Å². The molecule has 3 aromatic rings. The first-order chi connectivity index (χ1) is 14.0. The molecule has 2 aromatic carbocycles. The van der Waals surface area contributed by atoms with Crippen LogP contribution in [0.25, 0.3) is 5.69 Å². The number of amides is 2. The number of aryl methyl sites for hydroxylation is 2. The van der Waals surface area contributed by atoms with Gasteiger partial charge in [-0.1, -0.05) is 0 Å². The summed E-state index contributed by atoms with van der Waals surface area (Å²) in [4.78, 5) is 24.1. The summed E-state index contributed by atoms with van der Waals surface area (Å²) in [6.45, 7) is 3.77. The molecule has 1 heterocycles. The quantitative estimate of drug-likeness (QED) is 0.657. The Balaban J connectivity index is 1.51. The highest BCUT2D eigenvalue weighted by molar-refractivity contribution is 5.95. The second kappa shape index (κ2) is 8.76. The summed E-state index contributed by atoms with van der Waals surface area (Å²) in [5.41, 5.74) is 8.77. The molecular weight excluding hydrogens is 368 g/mol. The first-order valence-electron chi connectivity index (χ1n) is 8.95. The third kappa shape index (κ3) is 4.82. The van der Waals surface area contributed by atoms with Crippen LogP contribution < -0.4 is 15.6 Å². The fourth-order valence-corrected chi connectivity index (χ4v) is 2.85. The molecular formula is C22H20N4O3. The first kappa shape index (κ1) is 19.7. The summed E-state index contributed by atoms with van der Waals surface area (Å²) in [7, 11) is 0. The van der Waals surface area contributed by atoms with Crippen molar-refractivity contribution in [2.75, 3.05) is 6.61 Å². The van der Waals surface area contributed by atoms with Gasteiger partial charge < -0.3 is 9.30 Å². The molecule has 0 unspecified atom stereocenters. The van der Waals surface area contributed by atoms with E-state index < -0.39 is 11.8 Å². The van der Waals surface area contributed by atoms with Crippen molar-refractivity contribution in [3.05, 3.63) is 83.2 Å². The van der Waals surface area contributed by atoms with Crippen LogP contribution in [0.2, 0.25) is 0 Å². The van der Waals surface area contributed by atoms with E-state index in [1.54, 1.807) is 36.4 Å². The maximum atomic E-state index is 12.2. The zero-order valence-corrected chi connectivity index (χ0v) is 16.1. The fourth-order valence-electron chi connectivity index (χ4n) is 2.85. The summed E-state index contributed by atoms with van der Waals surface area (Å²) >= 11 is 0. The van der Waals surface area contributed by atoms with Crippen molar-refractivity contribution in [1.82, 2.24) is 15.4 Å². The summed E-state index contributed by atoms with van der Waals surface area (Å²) in [6, 6.07) is 19.5. The number of aromatic nitrogens is 1. The lowest BCUT2D eigenvalue weighted by molar-refractivity contribution is -0.123. The van der Waals surface area contributed by atoms with Crippen molar-refractivity contribution in [2.24, 2.45) is 0 Å². The normalized spacial score (nSPS) is 10.1. The third-order valence-electron chi connectivity index (χ3n) is 4.33. The molecule has 7 nitrogen and oxygen atoms in total. The summed E-state index contributed by atoms with van der Waals surface area (Å²) in [5, 5.41) is 8.75. The number of hydrazine groups is 1. The molecule has 29 heavy (non-hydrogen) atoms. The number of hydrogen-bond donors (Lipinski definition) is 2. The molecule has 2 amide bonds. The Morgan fingerprint density at radius 3 is 2.14 bits per heavy atom. The van der Waals surface area contributed by atoms with Crippen LogP contribution >= 0.6 is 0 Å². The standard InChI is InChI=1S/C22H20N4O3/c1-15-3-4-16(2)26(15)19-9-7-18(8-10-19)22(28)25-24-21(27)14-29-20-11-5-17(13-23)6-12-20/h3-12H,14H2,1-2H3,(H,24,27)(H,25,28). The Morgan fingerprint density at radius 2 is 1.55 bits per heavy atom. The molecule has 0 atom stereocenters. The van der Waals surface area contributed by atoms with E-state index in [1.807, 2.05) is 44.2 Å². The Kier molecular flexibility index (Phi) is 5.95. The SMILES string of the molecule is Cc1ccc(C)n1-c1ccc(C(=O)NNC(=O)COc2ccc(C#N)cc2)cc1. The average Bonchev–Trinajstić information content (AvgIpc) is 3.09. The number of carbonyl (C=O) groups is 2. The predicted octanol–water partition coefficient (Wildman–Crippen LogP) is 2.81. The smallest absolute Gasteiger partial charge is 0.276 e. The first-order valence-corrected chi connectivity index (χ1v) is 8.95. The van der Waals surface area contributed by atoms with Crippen molar-refractivity contribution < 1.29 is 14.3 Å². The molecule has 0 fully saturated rings. The van der Waals surface area contributed by atoms with E-state index in [1.165, 1.54) is 0 Å². The van der Waals surface area contributed by atoms with Crippen LogP contribution in [0.1, 0.15) is 27.3 Å². The van der Waals surface area contributed by atoms with E-state index in [9.17, 15) is 9.59 Å². The van der Waals surface area contributed by atoms with E-state index in [2.05, 4.69) is 15.4 Å². The molecule has 0 saturated carbocycles. The van der Waals surface area contributed by atoms with Gasteiger partial charge in [0.05, 0.1) is 11.6 Å². The van der Waals surface area contributed by atoms with Gasteiger partial charge in [-0.05, 0) is 74.5 Å². The van der Waals surface area contributed by atoms with Gasteiger partial charge in [0, 0.05) is 22.6 Å². The van der Waals surface area contributed by atoms with Crippen molar-refractivity contribution in [2.45, 2.75) is 13.8 Å². The summed E-state index contributed by atoms with van der Waals surface area (Å²) in [5.74, 6) is -0.473. The summed E-state index contributed by atoms with van der Waals surface area (Å²) in [6.07, 6.45) is 0. The minimum absolute atomic E-state index is 0.267. The monoisotopic (exact) mass is 388 g/mol. The Labute approximate surface area is 168 Å². The van der Waals surface area contributed by atoms with Crippen molar-refractivity contribution in [1.29, 1.82) is 5.26 Å². The lowest BCUT2D eigenvalue weighted by atomic mass is 10.2. The second-order valence-corrected chi connectivity index (χ2v) is 6.43. The lowest BCUT2D eigenvalue weighted by Crippen LogP contribution is -2.43. The molecule has 0 aliphatic rings. The average molecular weight is 388 g/mol. The van der Waals surface area contributed by atoms with Crippen molar-refractivity contribution in [3.8, 4) is 17.5 Å². The van der Waals surface area contributed by atoms with Crippen LogP contribution in [0, 0.1) is 25.2 Å². The van der Waals surface area contributed by atoms with E-state index >= 15 is 0 Å². The number of carbonyl (C=O) groups excluding carboxylic acids is 2. The number of benzene rings is 2. The zero-order chi connectivity index (χ0) is 20.8. The fraction of sp³-hybridized carbons (Fsp3) is 0.136. The van der Waals surface area contributed by atoms with Gasteiger partial charge in [-0.2, -0.15) is 5.26 Å². The van der Waals surface area contributed by atoms with E-state index in [-0.39, 0.29) is 6.61 Å². The molecule has 146 valence electrons.